The molecule has 0 radical (unpaired) electrons. The molecule has 0 spiro atoms. The van der Waals surface area contributed by atoms with E-state index in [2.05, 4.69) is 41.5 Å². The van der Waals surface area contributed by atoms with Crippen LogP contribution in [0.25, 0.3) is 0 Å². The van der Waals surface area contributed by atoms with Gasteiger partial charge in [0.1, 0.15) is 0 Å². The quantitative estimate of drug-likeness (QED) is 0.780. The number of fused-ring (bicyclic) bond motifs is 1. The minimum Gasteiger partial charge on any atom is -0.454 e. The lowest BCUT2D eigenvalue weighted by Crippen LogP contribution is -2.36. The molecule has 1 atom stereocenters. The van der Waals surface area contributed by atoms with Crippen LogP contribution in [0.3, 0.4) is 0 Å². The molecule has 0 saturated heterocycles. The topological polar surface area (TPSA) is 43.2 Å². The second-order valence-corrected chi connectivity index (χ2v) is 8.00. The fourth-order valence-electron chi connectivity index (χ4n) is 2.79. The Morgan fingerprint density at radius 3 is 2.27 bits per heavy atom. The van der Waals surface area contributed by atoms with Crippen LogP contribution in [0.1, 0.15) is 47.1 Å². The van der Waals surface area contributed by atoms with Gasteiger partial charge in [-0.25, -0.2) is 0 Å². The first kappa shape index (κ1) is 15.1. The largest absolute Gasteiger partial charge is 0.454 e. The molecular formula is C18H24N2O2. The number of rotatable bonds is 1. The zero-order valence-electron chi connectivity index (χ0n) is 14.2. The summed E-state index contributed by atoms with van der Waals surface area (Å²) in [6.07, 6.45) is 1.93. The van der Waals surface area contributed by atoms with Crippen LogP contribution in [0.5, 0.6) is 11.5 Å². The Kier molecular flexibility index (Phi) is 3.13. The van der Waals surface area contributed by atoms with Gasteiger partial charge in [0.2, 0.25) is 6.79 Å². The first-order valence-electron chi connectivity index (χ1n) is 7.69. The van der Waals surface area contributed by atoms with E-state index < -0.39 is 5.66 Å². The lowest BCUT2D eigenvalue weighted by atomic mass is 9.76. The fourth-order valence-corrected chi connectivity index (χ4v) is 2.79. The summed E-state index contributed by atoms with van der Waals surface area (Å²) in [5.74, 6) is 1.56. The molecule has 0 aromatic heterocycles. The summed E-state index contributed by atoms with van der Waals surface area (Å²) in [6, 6.07) is 6.01. The molecular weight excluding hydrogens is 276 g/mol. The van der Waals surface area contributed by atoms with Gasteiger partial charge in [0.25, 0.3) is 0 Å². The molecule has 1 aromatic carbocycles. The maximum Gasteiger partial charge on any atom is 0.231 e. The van der Waals surface area contributed by atoms with Crippen LogP contribution in [-0.2, 0) is 5.66 Å². The average molecular weight is 300 g/mol. The predicted octanol–water partition coefficient (Wildman–Crippen LogP) is 4.19. The zero-order valence-corrected chi connectivity index (χ0v) is 14.2. The molecule has 2 heterocycles. The Labute approximate surface area is 132 Å². The monoisotopic (exact) mass is 300 g/mol. The molecule has 0 bridgehead atoms. The first-order chi connectivity index (χ1) is 10.1. The van der Waals surface area contributed by atoms with Crippen LogP contribution in [0.15, 0.2) is 28.2 Å². The van der Waals surface area contributed by atoms with Crippen molar-refractivity contribution in [1.29, 1.82) is 0 Å². The average Bonchev–Trinajstić information content (AvgIpc) is 3.04. The third-order valence-electron chi connectivity index (χ3n) is 4.25. The number of aliphatic imine (C=N–C) groups is 2. The second-order valence-electron chi connectivity index (χ2n) is 8.00. The lowest BCUT2D eigenvalue weighted by molar-refractivity contribution is 0.173. The molecule has 2 aliphatic heterocycles. The minimum absolute atomic E-state index is 0.0210. The van der Waals surface area contributed by atoms with Crippen LogP contribution in [-0.4, -0.2) is 18.7 Å². The molecule has 0 saturated carbocycles. The predicted molar refractivity (Wildman–Crippen MR) is 89.1 cm³/mol. The number of benzene rings is 1. The highest BCUT2D eigenvalue weighted by Gasteiger charge is 2.47. The van der Waals surface area contributed by atoms with E-state index in [-0.39, 0.29) is 17.6 Å². The van der Waals surface area contributed by atoms with E-state index in [9.17, 15) is 0 Å². The Balaban J connectivity index is 2.14. The van der Waals surface area contributed by atoms with Crippen LogP contribution >= 0.6 is 0 Å². The lowest BCUT2D eigenvalue weighted by Gasteiger charge is -2.37. The highest BCUT2D eigenvalue weighted by molar-refractivity contribution is 6.34. The molecule has 4 nitrogen and oxygen atoms in total. The van der Waals surface area contributed by atoms with Crippen molar-refractivity contribution in [3.05, 3.63) is 23.8 Å². The van der Waals surface area contributed by atoms with Gasteiger partial charge in [0, 0.05) is 22.6 Å². The number of hydrogen-bond donors (Lipinski definition) is 0. The molecule has 2 aliphatic rings. The summed E-state index contributed by atoms with van der Waals surface area (Å²) < 4.78 is 10.9. The van der Waals surface area contributed by atoms with E-state index in [4.69, 9.17) is 19.5 Å². The van der Waals surface area contributed by atoms with Crippen LogP contribution < -0.4 is 9.47 Å². The molecule has 1 aromatic rings. The van der Waals surface area contributed by atoms with E-state index in [1.807, 2.05) is 24.4 Å². The second kappa shape index (κ2) is 4.58. The highest BCUT2D eigenvalue weighted by Crippen LogP contribution is 2.49. The van der Waals surface area contributed by atoms with Gasteiger partial charge in [-0.15, -0.1) is 0 Å². The number of nitrogens with zero attached hydrogens (tertiary/aromatic N) is 2. The van der Waals surface area contributed by atoms with Gasteiger partial charge in [-0.1, -0.05) is 47.6 Å². The summed E-state index contributed by atoms with van der Waals surface area (Å²) in [6.45, 7) is 13.3. The van der Waals surface area contributed by atoms with Crippen molar-refractivity contribution in [3.63, 3.8) is 0 Å². The van der Waals surface area contributed by atoms with Crippen molar-refractivity contribution in [1.82, 2.24) is 0 Å². The van der Waals surface area contributed by atoms with Gasteiger partial charge in [0.15, 0.2) is 17.2 Å². The van der Waals surface area contributed by atoms with Gasteiger partial charge in [0.05, 0.1) is 5.71 Å². The molecule has 0 amide bonds. The van der Waals surface area contributed by atoms with E-state index in [0.29, 0.717) is 0 Å². The maximum absolute atomic E-state index is 5.53. The normalized spacial score (nSPS) is 23.8. The van der Waals surface area contributed by atoms with Crippen molar-refractivity contribution < 1.29 is 9.47 Å². The third-order valence-corrected chi connectivity index (χ3v) is 4.25. The Hall–Kier alpha value is -1.84. The summed E-state index contributed by atoms with van der Waals surface area (Å²) in [7, 11) is 0. The fraction of sp³-hybridized carbons (Fsp3) is 0.556. The molecule has 22 heavy (non-hydrogen) atoms. The van der Waals surface area contributed by atoms with Crippen molar-refractivity contribution in [2.75, 3.05) is 6.79 Å². The Morgan fingerprint density at radius 1 is 1.00 bits per heavy atom. The van der Waals surface area contributed by atoms with Gasteiger partial charge >= 0.3 is 0 Å². The Bertz CT molecular complexity index is 663. The van der Waals surface area contributed by atoms with Gasteiger partial charge < -0.3 is 9.47 Å². The van der Waals surface area contributed by atoms with Crippen LogP contribution in [0.4, 0.5) is 0 Å². The van der Waals surface area contributed by atoms with E-state index >= 15 is 0 Å². The van der Waals surface area contributed by atoms with E-state index in [1.54, 1.807) is 0 Å². The maximum atomic E-state index is 5.53. The molecule has 0 fully saturated rings. The van der Waals surface area contributed by atoms with E-state index in [1.165, 1.54) is 0 Å². The van der Waals surface area contributed by atoms with Crippen molar-refractivity contribution in [3.8, 4) is 11.5 Å². The molecule has 118 valence electrons. The van der Waals surface area contributed by atoms with Crippen LogP contribution in [0.2, 0.25) is 0 Å². The van der Waals surface area contributed by atoms with Gasteiger partial charge in [-0.3, -0.25) is 9.98 Å². The van der Waals surface area contributed by atoms with Gasteiger partial charge in [-0.2, -0.15) is 0 Å². The van der Waals surface area contributed by atoms with Gasteiger partial charge in [-0.05, 0) is 12.1 Å². The summed E-state index contributed by atoms with van der Waals surface area (Å²) >= 11 is 0. The highest BCUT2D eigenvalue weighted by atomic mass is 16.7. The molecule has 0 aliphatic carbocycles. The van der Waals surface area contributed by atoms with E-state index in [0.717, 1.165) is 22.8 Å². The smallest absolute Gasteiger partial charge is 0.231 e. The molecule has 0 N–H and O–H groups in total. The number of ether oxygens (including phenoxy) is 2. The SMILES string of the molecule is CC(C)(C)C1=NC(c2ccc3c(c2)OCO3)(C(C)(C)C)N=C1. The molecule has 1 unspecified atom stereocenters. The number of hydrogen-bond acceptors (Lipinski definition) is 4. The van der Waals surface area contributed by atoms with Crippen molar-refractivity contribution in [2.24, 2.45) is 20.8 Å². The molecule has 3 rings (SSSR count). The standard InChI is InChI=1S/C18H24N2O2/c1-16(2,3)15-10-19-18(20-15,17(4,5)6)12-7-8-13-14(9-12)22-11-21-13/h7-10H,11H2,1-6H3. The summed E-state index contributed by atoms with van der Waals surface area (Å²) in [4.78, 5) is 9.91. The van der Waals surface area contributed by atoms with Crippen molar-refractivity contribution in [2.45, 2.75) is 47.2 Å². The Morgan fingerprint density at radius 2 is 1.68 bits per heavy atom. The third kappa shape index (κ3) is 2.21. The van der Waals surface area contributed by atoms with Crippen molar-refractivity contribution >= 4 is 11.9 Å². The summed E-state index contributed by atoms with van der Waals surface area (Å²) in [5.41, 5.74) is 1.29. The molecule has 4 heteroatoms. The van der Waals surface area contributed by atoms with Crippen LogP contribution in [0, 0.1) is 10.8 Å². The first-order valence-corrected chi connectivity index (χ1v) is 7.69. The minimum atomic E-state index is -0.614. The summed E-state index contributed by atoms with van der Waals surface area (Å²) in [5, 5.41) is 0. The zero-order chi connectivity index (χ0) is 16.2.